The van der Waals surface area contributed by atoms with E-state index in [9.17, 15) is 5.11 Å². The van der Waals surface area contributed by atoms with E-state index >= 15 is 0 Å². The summed E-state index contributed by atoms with van der Waals surface area (Å²) in [7, 11) is 1.65. The molecule has 1 aliphatic carbocycles. The van der Waals surface area contributed by atoms with E-state index < -0.39 is 0 Å². The lowest BCUT2D eigenvalue weighted by molar-refractivity contribution is -0.0532. The standard InChI is InChI=1S/C18H27NO4/c1-21-17-7-2-3-8-18(17)23-12-10-19-9-11-22-13-15(19)14-5-4-6-16(14)20/h2-3,7-8,14-16,20H,4-6,9-13H2,1H3/t14-,15-,16-/m1/s1. The van der Waals surface area contributed by atoms with Crippen molar-refractivity contribution >= 4 is 0 Å². The van der Waals surface area contributed by atoms with Crippen LogP contribution in [0.15, 0.2) is 24.3 Å². The van der Waals surface area contributed by atoms with Crippen LogP contribution in [0, 0.1) is 5.92 Å². The number of nitrogens with zero attached hydrogens (tertiary/aromatic N) is 1. The van der Waals surface area contributed by atoms with Gasteiger partial charge in [0.2, 0.25) is 0 Å². The van der Waals surface area contributed by atoms with Gasteiger partial charge >= 0.3 is 0 Å². The fourth-order valence-electron chi connectivity index (χ4n) is 3.76. The van der Waals surface area contributed by atoms with Gasteiger partial charge in [-0.2, -0.15) is 0 Å². The number of hydrogen-bond donors (Lipinski definition) is 1. The zero-order valence-corrected chi connectivity index (χ0v) is 13.8. The minimum absolute atomic E-state index is 0.181. The largest absolute Gasteiger partial charge is 0.493 e. The zero-order valence-electron chi connectivity index (χ0n) is 13.8. The molecule has 0 spiro atoms. The minimum Gasteiger partial charge on any atom is -0.493 e. The molecular weight excluding hydrogens is 294 g/mol. The lowest BCUT2D eigenvalue weighted by atomic mass is 9.94. The summed E-state index contributed by atoms with van der Waals surface area (Å²) in [6.45, 7) is 3.84. The first-order chi connectivity index (χ1) is 11.3. The molecule has 23 heavy (non-hydrogen) atoms. The number of benzene rings is 1. The van der Waals surface area contributed by atoms with Crippen LogP contribution in [0.4, 0.5) is 0 Å². The quantitative estimate of drug-likeness (QED) is 0.868. The van der Waals surface area contributed by atoms with Crippen molar-refractivity contribution in [3.63, 3.8) is 0 Å². The molecule has 2 aliphatic rings. The first kappa shape index (κ1) is 16.6. The summed E-state index contributed by atoms with van der Waals surface area (Å²) in [6, 6.07) is 8.02. The topological polar surface area (TPSA) is 51.2 Å². The molecule has 5 nitrogen and oxygen atoms in total. The molecule has 1 heterocycles. The Morgan fingerprint density at radius 1 is 1.26 bits per heavy atom. The molecule has 128 valence electrons. The van der Waals surface area contributed by atoms with Crippen LogP contribution in [0.1, 0.15) is 19.3 Å². The molecule has 3 rings (SSSR count). The van der Waals surface area contributed by atoms with Gasteiger partial charge in [-0.15, -0.1) is 0 Å². The number of ether oxygens (including phenoxy) is 3. The lowest BCUT2D eigenvalue weighted by Crippen LogP contribution is -2.52. The molecule has 2 fully saturated rings. The van der Waals surface area contributed by atoms with E-state index in [-0.39, 0.29) is 6.10 Å². The van der Waals surface area contributed by atoms with Gasteiger partial charge in [-0.05, 0) is 25.0 Å². The number of hydrogen-bond acceptors (Lipinski definition) is 5. The Kier molecular flexibility index (Phi) is 5.75. The van der Waals surface area contributed by atoms with Crippen LogP contribution < -0.4 is 9.47 Å². The van der Waals surface area contributed by atoms with Crippen LogP contribution in [0.5, 0.6) is 11.5 Å². The molecule has 0 aromatic heterocycles. The van der Waals surface area contributed by atoms with E-state index in [0.717, 1.165) is 57.1 Å². The van der Waals surface area contributed by atoms with Crippen LogP contribution in [0.2, 0.25) is 0 Å². The molecule has 0 radical (unpaired) electrons. The molecule has 1 aromatic carbocycles. The number of para-hydroxylation sites is 2. The van der Waals surface area contributed by atoms with E-state index in [0.29, 0.717) is 18.6 Å². The molecule has 1 saturated carbocycles. The highest BCUT2D eigenvalue weighted by Gasteiger charge is 2.37. The summed E-state index contributed by atoms with van der Waals surface area (Å²) < 4.78 is 16.9. The fraction of sp³-hybridized carbons (Fsp3) is 0.667. The SMILES string of the molecule is COc1ccccc1OCCN1CCOC[C@@H]1[C@H]1CCC[C@H]1O. The van der Waals surface area contributed by atoms with Crippen LogP contribution >= 0.6 is 0 Å². The average Bonchev–Trinajstić information content (AvgIpc) is 3.01. The fourth-order valence-corrected chi connectivity index (χ4v) is 3.76. The van der Waals surface area contributed by atoms with Gasteiger partial charge in [-0.3, -0.25) is 4.90 Å². The van der Waals surface area contributed by atoms with E-state index in [2.05, 4.69) is 4.90 Å². The number of morpholine rings is 1. The molecule has 0 bridgehead atoms. The Labute approximate surface area is 138 Å². The summed E-state index contributed by atoms with van der Waals surface area (Å²) in [5.74, 6) is 1.87. The van der Waals surface area contributed by atoms with Gasteiger partial charge in [0.1, 0.15) is 6.61 Å². The Morgan fingerprint density at radius 3 is 2.83 bits per heavy atom. The van der Waals surface area contributed by atoms with Crippen molar-refractivity contribution < 1.29 is 19.3 Å². The van der Waals surface area contributed by atoms with Crippen molar-refractivity contribution in [2.45, 2.75) is 31.4 Å². The summed E-state index contributed by atoms with van der Waals surface area (Å²) in [5, 5.41) is 10.2. The predicted molar refractivity (Wildman–Crippen MR) is 88.0 cm³/mol. The van der Waals surface area contributed by atoms with Gasteiger partial charge < -0.3 is 19.3 Å². The zero-order chi connectivity index (χ0) is 16.1. The summed E-state index contributed by atoms with van der Waals surface area (Å²) >= 11 is 0. The number of methoxy groups -OCH3 is 1. The predicted octanol–water partition coefficient (Wildman–Crippen LogP) is 1.94. The Balaban J connectivity index is 1.55. The molecule has 1 N–H and O–H groups in total. The second-order valence-corrected chi connectivity index (χ2v) is 6.34. The number of aliphatic hydroxyl groups excluding tert-OH is 1. The molecule has 1 aromatic rings. The molecule has 5 heteroatoms. The van der Waals surface area contributed by atoms with Crippen LogP contribution in [-0.4, -0.2) is 62.2 Å². The van der Waals surface area contributed by atoms with E-state index in [4.69, 9.17) is 14.2 Å². The smallest absolute Gasteiger partial charge is 0.161 e. The van der Waals surface area contributed by atoms with Crippen molar-refractivity contribution in [1.82, 2.24) is 4.90 Å². The van der Waals surface area contributed by atoms with Crippen LogP contribution in [0.25, 0.3) is 0 Å². The summed E-state index contributed by atoms with van der Waals surface area (Å²) in [4.78, 5) is 2.41. The molecule has 0 unspecified atom stereocenters. The van der Waals surface area contributed by atoms with Crippen molar-refractivity contribution in [3.8, 4) is 11.5 Å². The van der Waals surface area contributed by atoms with Crippen molar-refractivity contribution in [1.29, 1.82) is 0 Å². The Hall–Kier alpha value is -1.30. The second kappa shape index (κ2) is 7.99. The highest BCUT2D eigenvalue weighted by atomic mass is 16.5. The highest BCUT2D eigenvalue weighted by molar-refractivity contribution is 5.39. The summed E-state index contributed by atoms with van der Waals surface area (Å²) in [5.41, 5.74) is 0. The first-order valence-electron chi connectivity index (χ1n) is 8.55. The Bertz CT molecular complexity index is 496. The third kappa shape index (κ3) is 3.97. The average molecular weight is 321 g/mol. The maximum absolute atomic E-state index is 10.2. The van der Waals surface area contributed by atoms with E-state index in [1.807, 2.05) is 24.3 Å². The normalized spacial score (nSPS) is 28.7. The lowest BCUT2D eigenvalue weighted by Gasteiger charge is -2.40. The number of rotatable bonds is 6. The van der Waals surface area contributed by atoms with Crippen LogP contribution in [-0.2, 0) is 4.74 Å². The van der Waals surface area contributed by atoms with Gasteiger partial charge in [0.15, 0.2) is 11.5 Å². The minimum atomic E-state index is -0.181. The van der Waals surface area contributed by atoms with Crippen molar-refractivity contribution in [3.05, 3.63) is 24.3 Å². The number of aliphatic hydroxyl groups is 1. The Morgan fingerprint density at radius 2 is 2.09 bits per heavy atom. The van der Waals surface area contributed by atoms with E-state index in [1.165, 1.54) is 0 Å². The van der Waals surface area contributed by atoms with Crippen molar-refractivity contribution in [2.75, 3.05) is 40.0 Å². The van der Waals surface area contributed by atoms with Gasteiger partial charge in [0, 0.05) is 25.0 Å². The first-order valence-corrected chi connectivity index (χ1v) is 8.55. The highest BCUT2D eigenvalue weighted by Crippen LogP contribution is 2.32. The van der Waals surface area contributed by atoms with Gasteiger partial charge in [0.25, 0.3) is 0 Å². The molecule has 3 atom stereocenters. The molecular formula is C18H27NO4. The van der Waals surface area contributed by atoms with Gasteiger partial charge in [-0.1, -0.05) is 18.6 Å². The van der Waals surface area contributed by atoms with Crippen LogP contribution in [0.3, 0.4) is 0 Å². The van der Waals surface area contributed by atoms with Crippen molar-refractivity contribution in [2.24, 2.45) is 5.92 Å². The van der Waals surface area contributed by atoms with Gasteiger partial charge in [-0.25, -0.2) is 0 Å². The summed E-state index contributed by atoms with van der Waals surface area (Å²) in [6.07, 6.45) is 2.96. The molecule has 1 aliphatic heterocycles. The van der Waals surface area contributed by atoms with Gasteiger partial charge in [0.05, 0.1) is 26.4 Å². The maximum atomic E-state index is 10.2. The van der Waals surface area contributed by atoms with E-state index in [1.54, 1.807) is 7.11 Å². The third-order valence-electron chi connectivity index (χ3n) is 5.01. The maximum Gasteiger partial charge on any atom is 0.161 e. The monoisotopic (exact) mass is 321 g/mol. The third-order valence-corrected chi connectivity index (χ3v) is 5.01. The molecule has 0 amide bonds. The second-order valence-electron chi connectivity index (χ2n) is 6.34. The molecule has 1 saturated heterocycles.